The third kappa shape index (κ3) is 3.52. The Morgan fingerprint density at radius 2 is 2.43 bits per heavy atom. The quantitative estimate of drug-likeness (QED) is 0.818. The van der Waals surface area contributed by atoms with Gasteiger partial charge in [0.25, 0.3) is 0 Å². The fourth-order valence-corrected chi connectivity index (χ4v) is 1.31. The molecule has 14 heavy (non-hydrogen) atoms. The average molecular weight is 215 g/mol. The number of ether oxygens (including phenoxy) is 1. The standard InChI is InChI=1S/C10H15ClN2O/c1-8(7-14-2)5-13-10-6-12-4-3-9(10)11/h3-4,6,8,13H,5,7H2,1-2H3. The van der Waals surface area contributed by atoms with Crippen molar-refractivity contribution in [3.63, 3.8) is 0 Å². The van der Waals surface area contributed by atoms with E-state index in [0.717, 1.165) is 18.8 Å². The third-order valence-electron chi connectivity index (χ3n) is 1.86. The van der Waals surface area contributed by atoms with Gasteiger partial charge in [-0.15, -0.1) is 0 Å². The third-order valence-corrected chi connectivity index (χ3v) is 2.19. The normalized spacial score (nSPS) is 12.5. The van der Waals surface area contributed by atoms with Crippen molar-refractivity contribution in [1.82, 2.24) is 4.98 Å². The molecule has 0 amide bonds. The van der Waals surface area contributed by atoms with Crippen LogP contribution >= 0.6 is 11.6 Å². The molecule has 0 radical (unpaired) electrons. The van der Waals surface area contributed by atoms with Crippen LogP contribution in [0.3, 0.4) is 0 Å². The SMILES string of the molecule is COCC(C)CNc1cnccc1Cl. The van der Waals surface area contributed by atoms with E-state index in [1.807, 2.05) is 0 Å². The number of nitrogens with zero attached hydrogens (tertiary/aromatic N) is 1. The molecule has 0 saturated carbocycles. The monoisotopic (exact) mass is 214 g/mol. The van der Waals surface area contributed by atoms with Crippen LogP contribution in [0.5, 0.6) is 0 Å². The molecule has 0 aliphatic rings. The lowest BCUT2D eigenvalue weighted by molar-refractivity contribution is 0.164. The zero-order valence-corrected chi connectivity index (χ0v) is 9.21. The van der Waals surface area contributed by atoms with Gasteiger partial charge in [-0.25, -0.2) is 0 Å². The van der Waals surface area contributed by atoms with Crippen LogP contribution in [0.2, 0.25) is 5.02 Å². The predicted octanol–water partition coefficient (Wildman–Crippen LogP) is 2.43. The Hall–Kier alpha value is -0.800. The van der Waals surface area contributed by atoms with Crippen molar-refractivity contribution in [3.05, 3.63) is 23.5 Å². The molecule has 78 valence electrons. The zero-order valence-electron chi connectivity index (χ0n) is 8.46. The molecule has 4 heteroatoms. The molecular weight excluding hydrogens is 200 g/mol. The Morgan fingerprint density at radius 1 is 1.64 bits per heavy atom. The van der Waals surface area contributed by atoms with Crippen LogP contribution in [-0.2, 0) is 4.74 Å². The summed E-state index contributed by atoms with van der Waals surface area (Å²) in [5, 5.41) is 3.92. The first-order chi connectivity index (χ1) is 6.74. The summed E-state index contributed by atoms with van der Waals surface area (Å²) in [6, 6.07) is 1.77. The van der Waals surface area contributed by atoms with Crippen molar-refractivity contribution in [1.29, 1.82) is 0 Å². The summed E-state index contributed by atoms with van der Waals surface area (Å²) in [6.45, 7) is 3.69. The number of hydrogen-bond acceptors (Lipinski definition) is 3. The Morgan fingerprint density at radius 3 is 3.07 bits per heavy atom. The Labute approximate surface area is 89.4 Å². The van der Waals surface area contributed by atoms with E-state index in [9.17, 15) is 0 Å². The van der Waals surface area contributed by atoms with Gasteiger partial charge in [0.15, 0.2) is 0 Å². The lowest BCUT2D eigenvalue weighted by Gasteiger charge is -2.12. The molecule has 1 unspecified atom stereocenters. The van der Waals surface area contributed by atoms with Crippen molar-refractivity contribution in [2.75, 3.05) is 25.6 Å². The van der Waals surface area contributed by atoms with Crippen LogP contribution in [0, 0.1) is 5.92 Å². The van der Waals surface area contributed by atoms with Crippen LogP contribution in [0.1, 0.15) is 6.92 Å². The first-order valence-corrected chi connectivity index (χ1v) is 4.94. The lowest BCUT2D eigenvalue weighted by Crippen LogP contribution is -2.15. The maximum atomic E-state index is 5.95. The van der Waals surface area contributed by atoms with Gasteiger partial charge in [-0.1, -0.05) is 18.5 Å². The molecule has 1 aromatic heterocycles. The van der Waals surface area contributed by atoms with Gasteiger partial charge in [0, 0.05) is 19.9 Å². The van der Waals surface area contributed by atoms with Gasteiger partial charge in [-0.2, -0.15) is 0 Å². The second-order valence-electron chi connectivity index (χ2n) is 3.30. The van der Waals surface area contributed by atoms with Crippen LogP contribution in [0.15, 0.2) is 18.5 Å². The van der Waals surface area contributed by atoms with Crippen molar-refractivity contribution >= 4 is 17.3 Å². The predicted molar refractivity (Wildman–Crippen MR) is 58.8 cm³/mol. The largest absolute Gasteiger partial charge is 0.384 e. The van der Waals surface area contributed by atoms with E-state index in [1.54, 1.807) is 25.6 Å². The van der Waals surface area contributed by atoms with E-state index in [-0.39, 0.29) is 0 Å². The zero-order chi connectivity index (χ0) is 10.4. The minimum absolute atomic E-state index is 0.455. The van der Waals surface area contributed by atoms with Gasteiger partial charge < -0.3 is 10.1 Å². The Kier molecular flexibility index (Phi) is 4.70. The Bertz CT molecular complexity index is 281. The number of aromatic nitrogens is 1. The topological polar surface area (TPSA) is 34.1 Å². The highest BCUT2D eigenvalue weighted by atomic mass is 35.5. The minimum atomic E-state index is 0.455. The molecule has 0 fully saturated rings. The van der Waals surface area contributed by atoms with Crippen LogP contribution in [0.25, 0.3) is 0 Å². The molecule has 1 atom stereocenters. The summed E-state index contributed by atoms with van der Waals surface area (Å²) in [7, 11) is 1.70. The maximum Gasteiger partial charge on any atom is 0.0716 e. The summed E-state index contributed by atoms with van der Waals surface area (Å²) in [5.41, 5.74) is 0.872. The van der Waals surface area contributed by atoms with Gasteiger partial charge >= 0.3 is 0 Å². The van der Waals surface area contributed by atoms with Gasteiger partial charge in [0.1, 0.15) is 0 Å². The van der Waals surface area contributed by atoms with Gasteiger partial charge in [-0.3, -0.25) is 4.98 Å². The molecular formula is C10H15ClN2O. The van der Waals surface area contributed by atoms with Gasteiger partial charge in [0.05, 0.1) is 23.5 Å². The fraction of sp³-hybridized carbons (Fsp3) is 0.500. The van der Waals surface area contributed by atoms with E-state index < -0.39 is 0 Å². The number of pyridine rings is 1. The van der Waals surface area contributed by atoms with E-state index >= 15 is 0 Å². The smallest absolute Gasteiger partial charge is 0.0716 e. The summed E-state index contributed by atoms with van der Waals surface area (Å²) >= 11 is 5.95. The second kappa shape index (κ2) is 5.83. The summed E-state index contributed by atoms with van der Waals surface area (Å²) in [6.07, 6.45) is 3.40. The number of anilines is 1. The lowest BCUT2D eigenvalue weighted by atomic mass is 10.2. The molecule has 0 saturated heterocycles. The second-order valence-corrected chi connectivity index (χ2v) is 3.70. The Balaban J connectivity index is 2.41. The highest BCUT2D eigenvalue weighted by Gasteiger charge is 2.03. The van der Waals surface area contributed by atoms with E-state index in [2.05, 4.69) is 17.2 Å². The summed E-state index contributed by atoms with van der Waals surface area (Å²) < 4.78 is 5.03. The van der Waals surface area contributed by atoms with Gasteiger partial charge in [0.2, 0.25) is 0 Å². The van der Waals surface area contributed by atoms with Crippen molar-refractivity contribution < 1.29 is 4.74 Å². The first kappa shape index (κ1) is 11.3. The van der Waals surface area contributed by atoms with Crippen molar-refractivity contribution in [3.8, 4) is 0 Å². The molecule has 1 heterocycles. The molecule has 1 aromatic rings. The molecule has 0 aromatic carbocycles. The highest BCUT2D eigenvalue weighted by molar-refractivity contribution is 6.33. The highest BCUT2D eigenvalue weighted by Crippen LogP contribution is 2.19. The number of nitrogens with one attached hydrogen (secondary N) is 1. The van der Waals surface area contributed by atoms with Crippen LogP contribution < -0.4 is 5.32 Å². The summed E-state index contributed by atoms with van der Waals surface area (Å²) in [4.78, 5) is 3.99. The number of hydrogen-bond donors (Lipinski definition) is 1. The number of rotatable bonds is 5. The molecule has 0 aliphatic carbocycles. The van der Waals surface area contributed by atoms with E-state index in [0.29, 0.717) is 10.9 Å². The maximum absolute atomic E-state index is 5.95. The molecule has 3 nitrogen and oxygen atoms in total. The van der Waals surface area contributed by atoms with Crippen LogP contribution in [0.4, 0.5) is 5.69 Å². The average Bonchev–Trinajstić information content (AvgIpc) is 2.17. The molecule has 0 bridgehead atoms. The first-order valence-electron chi connectivity index (χ1n) is 4.56. The molecule has 0 aliphatic heterocycles. The van der Waals surface area contributed by atoms with Crippen molar-refractivity contribution in [2.45, 2.75) is 6.92 Å². The van der Waals surface area contributed by atoms with E-state index in [1.165, 1.54) is 0 Å². The van der Waals surface area contributed by atoms with E-state index in [4.69, 9.17) is 16.3 Å². The van der Waals surface area contributed by atoms with Gasteiger partial charge in [-0.05, 0) is 12.0 Å². The molecule has 1 N–H and O–H groups in total. The molecule has 1 rings (SSSR count). The molecule has 0 spiro atoms. The fourth-order valence-electron chi connectivity index (χ4n) is 1.14. The minimum Gasteiger partial charge on any atom is -0.384 e. The summed E-state index contributed by atoms with van der Waals surface area (Å²) in [5.74, 6) is 0.455. The number of halogens is 1. The van der Waals surface area contributed by atoms with Crippen LogP contribution in [-0.4, -0.2) is 25.2 Å². The van der Waals surface area contributed by atoms with Crippen molar-refractivity contribution in [2.24, 2.45) is 5.92 Å². The number of methoxy groups -OCH3 is 1.